The van der Waals surface area contributed by atoms with E-state index in [-0.39, 0.29) is 18.2 Å². The molecule has 2 heterocycles. The molecule has 4 heteroatoms. The quantitative estimate of drug-likeness (QED) is 0.920. The molecule has 1 aromatic rings. The lowest BCUT2D eigenvalue weighted by Gasteiger charge is -2.37. The molecule has 2 bridgehead atoms. The van der Waals surface area contributed by atoms with Gasteiger partial charge in [0.1, 0.15) is 11.9 Å². The van der Waals surface area contributed by atoms with E-state index in [4.69, 9.17) is 4.74 Å². The van der Waals surface area contributed by atoms with Crippen LogP contribution in [-0.2, 0) is 6.42 Å². The van der Waals surface area contributed by atoms with Crippen molar-refractivity contribution < 1.29 is 14.6 Å². The molecule has 0 radical (unpaired) electrons. The smallest absolute Gasteiger partial charge is 0.407 e. The minimum atomic E-state index is -0.775. The summed E-state index contributed by atoms with van der Waals surface area (Å²) >= 11 is 0. The van der Waals surface area contributed by atoms with Crippen LogP contribution >= 0.6 is 0 Å². The van der Waals surface area contributed by atoms with Crippen LogP contribution in [0.15, 0.2) is 24.3 Å². The third-order valence-electron chi connectivity index (χ3n) is 4.55. The van der Waals surface area contributed by atoms with Gasteiger partial charge in [0, 0.05) is 24.9 Å². The average Bonchev–Trinajstić information content (AvgIpc) is 2.72. The Morgan fingerprint density at radius 3 is 2.35 bits per heavy atom. The van der Waals surface area contributed by atoms with E-state index in [9.17, 15) is 9.90 Å². The van der Waals surface area contributed by atoms with Crippen molar-refractivity contribution in [3.63, 3.8) is 0 Å². The SMILES string of the molecule is CCc1ccc(O[C@H]2C[C@H]3CC[C@@H](C2)N3C(=O)O)cc1. The number of hydrogen-bond acceptors (Lipinski definition) is 2. The van der Waals surface area contributed by atoms with Crippen molar-refractivity contribution in [1.29, 1.82) is 0 Å². The van der Waals surface area contributed by atoms with Crippen molar-refractivity contribution >= 4 is 6.09 Å². The molecule has 0 unspecified atom stereocenters. The van der Waals surface area contributed by atoms with Crippen LogP contribution in [0.5, 0.6) is 5.75 Å². The number of hydrogen-bond donors (Lipinski definition) is 1. The molecule has 1 aromatic carbocycles. The molecule has 20 heavy (non-hydrogen) atoms. The van der Waals surface area contributed by atoms with Gasteiger partial charge in [-0.2, -0.15) is 0 Å². The van der Waals surface area contributed by atoms with E-state index in [1.807, 2.05) is 12.1 Å². The Hall–Kier alpha value is -1.71. The van der Waals surface area contributed by atoms with Gasteiger partial charge in [0.2, 0.25) is 0 Å². The molecule has 108 valence electrons. The lowest BCUT2D eigenvalue weighted by molar-refractivity contribution is 0.0496. The molecule has 3 rings (SSSR count). The summed E-state index contributed by atoms with van der Waals surface area (Å²) in [6.07, 6.45) is 3.99. The highest BCUT2D eigenvalue weighted by molar-refractivity contribution is 5.66. The number of nitrogens with zero attached hydrogens (tertiary/aromatic N) is 1. The summed E-state index contributed by atoms with van der Waals surface area (Å²) in [6, 6.07) is 8.51. The highest BCUT2D eigenvalue weighted by Gasteiger charge is 2.44. The number of piperidine rings is 1. The van der Waals surface area contributed by atoms with E-state index in [0.29, 0.717) is 0 Å². The molecule has 0 spiro atoms. The van der Waals surface area contributed by atoms with Gasteiger partial charge < -0.3 is 14.7 Å². The number of carboxylic acid groups (broad SMARTS) is 1. The number of carbonyl (C=O) groups is 1. The highest BCUT2D eigenvalue weighted by atomic mass is 16.5. The third-order valence-corrected chi connectivity index (χ3v) is 4.55. The topological polar surface area (TPSA) is 49.8 Å². The second-order valence-electron chi connectivity index (χ2n) is 5.78. The molecular weight excluding hydrogens is 254 g/mol. The lowest BCUT2D eigenvalue weighted by Crippen LogP contribution is -2.48. The van der Waals surface area contributed by atoms with Crippen LogP contribution in [0.1, 0.15) is 38.2 Å². The summed E-state index contributed by atoms with van der Waals surface area (Å²) in [5.41, 5.74) is 1.30. The second-order valence-corrected chi connectivity index (χ2v) is 5.78. The number of ether oxygens (including phenoxy) is 1. The van der Waals surface area contributed by atoms with Gasteiger partial charge in [0.15, 0.2) is 0 Å². The molecule has 0 aliphatic carbocycles. The minimum absolute atomic E-state index is 0.145. The molecule has 1 amide bonds. The first-order valence-corrected chi connectivity index (χ1v) is 7.44. The lowest BCUT2D eigenvalue weighted by atomic mass is 10.00. The Labute approximate surface area is 119 Å². The van der Waals surface area contributed by atoms with Crippen molar-refractivity contribution in [3.05, 3.63) is 29.8 Å². The second kappa shape index (κ2) is 5.35. The molecule has 2 fully saturated rings. The van der Waals surface area contributed by atoms with Crippen LogP contribution in [0.4, 0.5) is 4.79 Å². The minimum Gasteiger partial charge on any atom is -0.490 e. The van der Waals surface area contributed by atoms with Crippen LogP contribution in [-0.4, -0.2) is 34.3 Å². The molecule has 2 aliphatic heterocycles. The van der Waals surface area contributed by atoms with Crippen molar-refractivity contribution in [1.82, 2.24) is 4.90 Å². The maximum absolute atomic E-state index is 11.2. The summed E-state index contributed by atoms with van der Waals surface area (Å²) in [5.74, 6) is 0.898. The zero-order chi connectivity index (χ0) is 14.1. The maximum Gasteiger partial charge on any atom is 0.407 e. The van der Waals surface area contributed by atoms with E-state index in [1.165, 1.54) is 5.56 Å². The fourth-order valence-corrected chi connectivity index (χ4v) is 3.53. The summed E-state index contributed by atoms with van der Waals surface area (Å²) in [5, 5.41) is 9.24. The molecule has 4 nitrogen and oxygen atoms in total. The van der Waals surface area contributed by atoms with Crippen LogP contribution < -0.4 is 4.74 Å². The number of fused-ring (bicyclic) bond motifs is 2. The summed E-state index contributed by atoms with van der Waals surface area (Å²) in [7, 11) is 0. The molecular formula is C16H21NO3. The van der Waals surface area contributed by atoms with Gasteiger partial charge in [-0.3, -0.25) is 0 Å². The van der Waals surface area contributed by atoms with Crippen molar-refractivity contribution in [2.24, 2.45) is 0 Å². The van der Waals surface area contributed by atoms with Gasteiger partial charge in [0.05, 0.1) is 0 Å². The van der Waals surface area contributed by atoms with E-state index in [0.717, 1.165) is 37.9 Å². The van der Waals surface area contributed by atoms with E-state index in [2.05, 4.69) is 19.1 Å². The van der Waals surface area contributed by atoms with Crippen molar-refractivity contribution in [2.75, 3.05) is 0 Å². The average molecular weight is 275 g/mol. The molecule has 1 N–H and O–H groups in total. The van der Waals surface area contributed by atoms with E-state index >= 15 is 0 Å². The largest absolute Gasteiger partial charge is 0.490 e. The monoisotopic (exact) mass is 275 g/mol. The highest BCUT2D eigenvalue weighted by Crippen LogP contribution is 2.37. The van der Waals surface area contributed by atoms with E-state index < -0.39 is 6.09 Å². The van der Waals surface area contributed by atoms with Crippen LogP contribution in [0.25, 0.3) is 0 Å². The maximum atomic E-state index is 11.2. The Kier molecular flexibility index (Phi) is 3.55. The van der Waals surface area contributed by atoms with Gasteiger partial charge in [-0.15, -0.1) is 0 Å². The van der Waals surface area contributed by atoms with Crippen molar-refractivity contribution in [2.45, 2.75) is 57.2 Å². The Morgan fingerprint density at radius 1 is 1.25 bits per heavy atom. The van der Waals surface area contributed by atoms with Gasteiger partial charge in [-0.25, -0.2) is 4.79 Å². The van der Waals surface area contributed by atoms with Gasteiger partial charge >= 0.3 is 6.09 Å². The van der Waals surface area contributed by atoms with Gasteiger partial charge in [0.25, 0.3) is 0 Å². The molecule has 3 atom stereocenters. The number of rotatable bonds is 3. The summed E-state index contributed by atoms with van der Waals surface area (Å²) in [4.78, 5) is 12.9. The molecule has 2 aliphatic rings. The fourth-order valence-electron chi connectivity index (χ4n) is 3.53. The predicted molar refractivity (Wildman–Crippen MR) is 76.1 cm³/mol. The standard InChI is InChI=1S/C16H21NO3/c1-2-11-3-7-14(8-4-11)20-15-9-12-5-6-13(10-15)17(12)16(18)19/h3-4,7-8,12-13,15H,2,5-6,9-10H2,1H3,(H,18,19)/t12-,13+,15+. The van der Waals surface area contributed by atoms with E-state index in [1.54, 1.807) is 4.90 Å². The fraction of sp³-hybridized carbons (Fsp3) is 0.562. The Balaban J connectivity index is 1.64. The molecule has 0 aromatic heterocycles. The van der Waals surface area contributed by atoms with Crippen LogP contribution in [0.3, 0.4) is 0 Å². The number of aryl methyl sites for hydroxylation is 1. The zero-order valence-corrected chi connectivity index (χ0v) is 11.8. The summed E-state index contributed by atoms with van der Waals surface area (Å²) < 4.78 is 6.04. The zero-order valence-electron chi connectivity index (χ0n) is 11.8. The normalized spacial score (nSPS) is 28.4. The third kappa shape index (κ3) is 2.47. The Morgan fingerprint density at radius 2 is 1.85 bits per heavy atom. The predicted octanol–water partition coefficient (Wildman–Crippen LogP) is 3.30. The first kappa shape index (κ1) is 13.3. The summed E-state index contributed by atoms with van der Waals surface area (Å²) in [6.45, 7) is 2.13. The van der Waals surface area contributed by atoms with Gasteiger partial charge in [-0.05, 0) is 37.0 Å². The molecule has 2 saturated heterocycles. The van der Waals surface area contributed by atoms with Crippen LogP contribution in [0, 0.1) is 0 Å². The van der Waals surface area contributed by atoms with Crippen LogP contribution in [0.2, 0.25) is 0 Å². The number of benzene rings is 1. The molecule has 0 saturated carbocycles. The number of amides is 1. The first-order valence-electron chi connectivity index (χ1n) is 7.44. The van der Waals surface area contributed by atoms with Gasteiger partial charge in [-0.1, -0.05) is 19.1 Å². The Bertz CT molecular complexity index is 471. The van der Waals surface area contributed by atoms with Crippen molar-refractivity contribution in [3.8, 4) is 5.75 Å². The first-order chi connectivity index (χ1) is 9.67.